The molecular formula is C9H11N5O3. The summed E-state index contributed by atoms with van der Waals surface area (Å²) >= 11 is 0. The molecule has 8 nitrogen and oxygen atoms in total. The van der Waals surface area contributed by atoms with Crippen molar-refractivity contribution in [2.75, 3.05) is 29.0 Å². The number of hydrogen-bond donors (Lipinski definition) is 4. The molecule has 1 aromatic rings. The number of anilines is 3. The van der Waals surface area contributed by atoms with E-state index in [1.54, 1.807) is 0 Å². The van der Waals surface area contributed by atoms with Gasteiger partial charge in [-0.25, -0.2) is 0 Å². The van der Waals surface area contributed by atoms with Gasteiger partial charge in [0, 0.05) is 20.0 Å². The molecule has 0 aliphatic carbocycles. The van der Waals surface area contributed by atoms with Crippen molar-refractivity contribution in [3.05, 3.63) is 10.4 Å². The first kappa shape index (κ1) is 11.1. The fourth-order valence-corrected chi connectivity index (χ4v) is 1.39. The Morgan fingerprint density at radius 2 is 2.00 bits per heavy atom. The smallest absolute Gasteiger partial charge is 0.293 e. The average Bonchev–Trinajstić information content (AvgIpc) is 2.29. The molecule has 0 atom stereocenters. The summed E-state index contributed by atoms with van der Waals surface area (Å²) in [6.45, 7) is 2.38. The zero-order chi connectivity index (χ0) is 12.4. The third-order valence-electron chi connectivity index (χ3n) is 2.19. The van der Waals surface area contributed by atoms with Gasteiger partial charge in [0.05, 0.1) is 0 Å². The SMILES string of the molecule is CC(=O)C(=O)Nc1nc2c(c(=O)[nH]1)NCCN2. The van der Waals surface area contributed by atoms with Gasteiger partial charge in [0.15, 0.2) is 5.82 Å². The van der Waals surface area contributed by atoms with E-state index in [2.05, 4.69) is 25.9 Å². The number of nitrogens with zero attached hydrogens (tertiary/aromatic N) is 1. The maximum Gasteiger partial charge on any atom is 0.293 e. The second kappa shape index (κ2) is 4.24. The van der Waals surface area contributed by atoms with Crippen LogP contribution in [0.25, 0.3) is 0 Å². The van der Waals surface area contributed by atoms with Crippen LogP contribution in [0.15, 0.2) is 4.79 Å². The Kier molecular flexibility index (Phi) is 2.77. The molecule has 0 spiro atoms. The number of hydrogen-bond acceptors (Lipinski definition) is 6. The molecule has 0 aromatic carbocycles. The Hall–Kier alpha value is -2.38. The van der Waals surface area contributed by atoms with Gasteiger partial charge in [-0.3, -0.25) is 24.7 Å². The number of nitrogens with one attached hydrogen (secondary N) is 4. The number of H-pyrrole nitrogens is 1. The van der Waals surface area contributed by atoms with Crippen molar-refractivity contribution in [3.8, 4) is 0 Å². The van der Waals surface area contributed by atoms with Crippen LogP contribution in [-0.2, 0) is 9.59 Å². The Morgan fingerprint density at radius 3 is 2.71 bits per heavy atom. The third-order valence-corrected chi connectivity index (χ3v) is 2.19. The van der Waals surface area contributed by atoms with E-state index in [9.17, 15) is 14.4 Å². The fraction of sp³-hybridized carbons (Fsp3) is 0.333. The van der Waals surface area contributed by atoms with Gasteiger partial charge in [0.25, 0.3) is 11.5 Å². The van der Waals surface area contributed by atoms with Gasteiger partial charge in [-0.2, -0.15) is 4.98 Å². The lowest BCUT2D eigenvalue weighted by molar-refractivity contribution is -0.133. The summed E-state index contributed by atoms with van der Waals surface area (Å²) in [6.07, 6.45) is 0. The van der Waals surface area contributed by atoms with E-state index in [0.717, 1.165) is 6.92 Å². The Balaban J connectivity index is 2.31. The number of aromatic nitrogens is 2. The Labute approximate surface area is 95.8 Å². The first-order chi connectivity index (χ1) is 8.08. The topological polar surface area (TPSA) is 116 Å². The molecular weight excluding hydrogens is 226 g/mol. The number of fused-ring (bicyclic) bond motifs is 1. The number of amides is 1. The molecule has 0 bridgehead atoms. The molecule has 17 heavy (non-hydrogen) atoms. The normalized spacial score (nSPS) is 13.0. The molecule has 0 saturated heterocycles. The van der Waals surface area contributed by atoms with Crippen LogP contribution in [0.3, 0.4) is 0 Å². The molecule has 2 rings (SSSR count). The zero-order valence-corrected chi connectivity index (χ0v) is 9.09. The lowest BCUT2D eigenvalue weighted by atomic mass is 10.3. The summed E-state index contributed by atoms with van der Waals surface area (Å²) in [6, 6.07) is 0. The number of carbonyl (C=O) groups excluding carboxylic acids is 2. The van der Waals surface area contributed by atoms with E-state index in [0.29, 0.717) is 24.6 Å². The van der Waals surface area contributed by atoms with Crippen LogP contribution in [0.2, 0.25) is 0 Å². The molecule has 0 unspecified atom stereocenters. The maximum absolute atomic E-state index is 11.6. The van der Waals surface area contributed by atoms with Crippen molar-refractivity contribution in [1.29, 1.82) is 0 Å². The Morgan fingerprint density at radius 1 is 1.29 bits per heavy atom. The summed E-state index contributed by atoms with van der Waals surface area (Å²) in [5.41, 5.74) is -0.0712. The highest BCUT2D eigenvalue weighted by Crippen LogP contribution is 2.17. The molecule has 0 saturated carbocycles. The van der Waals surface area contributed by atoms with E-state index in [1.165, 1.54) is 0 Å². The minimum atomic E-state index is -0.822. The van der Waals surface area contributed by atoms with Gasteiger partial charge in [-0.15, -0.1) is 0 Å². The van der Waals surface area contributed by atoms with Crippen molar-refractivity contribution in [3.63, 3.8) is 0 Å². The van der Waals surface area contributed by atoms with E-state index in [1.807, 2.05) is 0 Å². The van der Waals surface area contributed by atoms with Crippen molar-refractivity contribution in [2.24, 2.45) is 0 Å². The van der Waals surface area contributed by atoms with Gasteiger partial charge >= 0.3 is 0 Å². The predicted octanol–water partition coefficient (Wildman–Crippen LogP) is -0.865. The van der Waals surface area contributed by atoms with E-state index in [4.69, 9.17) is 0 Å². The maximum atomic E-state index is 11.6. The Bertz CT molecular complexity index is 536. The number of rotatable bonds is 2. The molecule has 8 heteroatoms. The van der Waals surface area contributed by atoms with Crippen molar-refractivity contribution >= 4 is 29.1 Å². The largest absolute Gasteiger partial charge is 0.376 e. The third kappa shape index (κ3) is 2.25. The molecule has 1 amide bonds. The van der Waals surface area contributed by atoms with Crippen LogP contribution >= 0.6 is 0 Å². The minimum absolute atomic E-state index is 0.0508. The first-order valence-corrected chi connectivity index (χ1v) is 5.02. The van der Waals surface area contributed by atoms with Crippen molar-refractivity contribution < 1.29 is 9.59 Å². The van der Waals surface area contributed by atoms with Crippen LogP contribution in [-0.4, -0.2) is 34.7 Å². The standard InChI is InChI=1S/C9H11N5O3/c1-4(15)7(16)13-9-12-6-5(8(17)14-9)10-2-3-11-6/h10H,2-3H2,1H3,(H3,11,12,13,14,16,17). The van der Waals surface area contributed by atoms with Crippen LogP contribution < -0.4 is 21.5 Å². The monoisotopic (exact) mass is 237 g/mol. The highest BCUT2D eigenvalue weighted by Gasteiger charge is 2.16. The highest BCUT2D eigenvalue weighted by molar-refractivity contribution is 6.39. The van der Waals surface area contributed by atoms with Crippen molar-refractivity contribution in [1.82, 2.24) is 9.97 Å². The number of Topliss-reactive ketones (excluding diaryl/α,β-unsaturated/α-hetero) is 1. The molecule has 1 aliphatic heterocycles. The van der Waals surface area contributed by atoms with E-state index < -0.39 is 17.2 Å². The number of aromatic amines is 1. The molecule has 1 aliphatic rings. The van der Waals surface area contributed by atoms with Crippen LogP contribution in [0.5, 0.6) is 0 Å². The number of ketones is 1. The molecule has 0 radical (unpaired) electrons. The van der Waals surface area contributed by atoms with Crippen LogP contribution in [0.4, 0.5) is 17.5 Å². The van der Waals surface area contributed by atoms with Crippen LogP contribution in [0.1, 0.15) is 6.92 Å². The molecule has 2 heterocycles. The molecule has 90 valence electrons. The summed E-state index contributed by atoms with van der Waals surface area (Å²) in [7, 11) is 0. The number of carbonyl (C=O) groups is 2. The molecule has 0 fully saturated rings. The first-order valence-electron chi connectivity index (χ1n) is 5.02. The van der Waals surface area contributed by atoms with Gasteiger partial charge in [0.2, 0.25) is 11.7 Å². The van der Waals surface area contributed by atoms with Crippen LogP contribution in [0, 0.1) is 0 Å². The molecule has 1 aromatic heterocycles. The van der Waals surface area contributed by atoms with Crippen molar-refractivity contribution in [2.45, 2.75) is 6.92 Å². The highest BCUT2D eigenvalue weighted by atomic mass is 16.2. The second-order valence-electron chi connectivity index (χ2n) is 3.50. The van der Waals surface area contributed by atoms with E-state index >= 15 is 0 Å². The second-order valence-corrected chi connectivity index (χ2v) is 3.50. The van der Waals surface area contributed by atoms with Gasteiger partial charge in [-0.05, 0) is 0 Å². The van der Waals surface area contributed by atoms with Gasteiger partial charge in [0.1, 0.15) is 5.69 Å². The quantitative estimate of drug-likeness (QED) is 0.497. The summed E-state index contributed by atoms with van der Waals surface area (Å²) in [4.78, 5) is 39.8. The lowest BCUT2D eigenvalue weighted by Crippen LogP contribution is -2.30. The average molecular weight is 237 g/mol. The minimum Gasteiger partial charge on any atom is -0.376 e. The summed E-state index contributed by atoms with van der Waals surface area (Å²) in [5.74, 6) is -1.17. The van der Waals surface area contributed by atoms with Gasteiger partial charge in [-0.1, -0.05) is 0 Å². The van der Waals surface area contributed by atoms with E-state index in [-0.39, 0.29) is 5.95 Å². The predicted molar refractivity (Wildman–Crippen MR) is 61.1 cm³/mol. The summed E-state index contributed by atoms with van der Waals surface area (Å²) in [5, 5.41) is 8.01. The lowest BCUT2D eigenvalue weighted by Gasteiger charge is -2.18. The molecule has 4 N–H and O–H groups in total. The fourth-order valence-electron chi connectivity index (χ4n) is 1.39. The van der Waals surface area contributed by atoms with Gasteiger partial charge < -0.3 is 10.6 Å². The zero-order valence-electron chi connectivity index (χ0n) is 9.09. The summed E-state index contributed by atoms with van der Waals surface area (Å²) < 4.78 is 0.